The molecule has 4 bridgehead atoms. The number of ether oxygens (including phenoxy) is 2. The van der Waals surface area contributed by atoms with Crippen molar-refractivity contribution < 1.29 is 18.6 Å². The van der Waals surface area contributed by atoms with E-state index in [2.05, 4.69) is 0 Å². The molecule has 1 aliphatic rings. The van der Waals surface area contributed by atoms with Crippen LogP contribution in [0.5, 0.6) is 11.5 Å². The standard InChI is InChI=1S/C43H40O4P2/c44-48(36-18-8-4-9-19-36,37-20-10-5-11-21-37)42-28-26-34-32-40(42)41-33-35(47-31-17-3-1-2-16-30-46-34)27-29-43(41)49(45,38-22-12-6-13-23-38)39-24-14-7-15-25-39/h4-15,18-29,32-33H,1-3,16-17,30-31H2. The summed E-state index contributed by atoms with van der Waals surface area (Å²) in [5.41, 5.74) is 1.44. The smallest absolute Gasteiger partial charge is 0.171 e. The second kappa shape index (κ2) is 14.9. The average molecular weight is 683 g/mol. The molecule has 0 aromatic heterocycles. The Morgan fingerprint density at radius 3 is 1.00 bits per heavy atom. The lowest BCUT2D eigenvalue weighted by molar-refractivity contribution is 0.294. The summed E-state index contributed by atoms with van der Waals surface area (Å²) in [5, 5.41) is 4.23. The van der Waals surface area contributed by atoms with Crippen LogP contribution >= 0.6 is 14.3 Å². The van der Waals surface area contributed by atoms with Gasteiger partial charge in [-0.15, -0.1) is 0 Å². The maximum absolute atomic E-state index is 16.0. The van der Waals surface area contributed by atoms with Crippen molar-refractivity contribution in [2.24, 2.45) is 0 Å². The molecule has 6 aromatic carbocycles. The molecule has 0 fully saturated rings. The van der Waals surface area contributed by atoms with E-state index in [-0.39, 0.29) is 0 Å². The van der Waals surface area contributed by atoms with Gasteiger partial charge < -0.3 is 18.6 Å². The summed E-state index contributed by atoms with van der Waals surface area (Å²) in [4.78, 5) is 0. The van der Waals surface area contributed by atoms with Crippen LogP contribution in [0.2, 0.25) is 0 Å². The third-order valence-corrected chi connectivity index (χ3v) is 15.4. The van der Waals surface area contributed by atoms with Crippen molar-refractivity contribution in [2.45, 2.75) is 32.1 Å². The molecule has 0 aliphatic carbocycles. The van der Waals surface area contributed by atoms with Crippen LogP contribution in [-0.2, 0) is 9.13 Å². The van der Waals surface area contributed by atoms with Gasteiger partial charge in [0, 0.05) is 31.8 Å². The van der Waals surface area contributed by atoms with Crippen molar-refractivity contribution >= 4 is 46.1 Å². The average Bonchev–Trinajstić information content (AvgIpc) is 3.18. The Morgan fingerprint density at radius 1 is 0.367 bits per heavy atom. The van der Waals surface area contributed by atoms with Gasteiger partial charge >= 0.3 is 0 Å². The van der Waals surface area contributed by atoms with Gasteiger partial charge in [0.1, 0.15) is 11.5 Å². The molecule has 1 aliphatic heterocycles. The Kier molecular flexibility index (Phi) is 9.99. The van der Waals surface area contributed by atoms with Crippen molar-refractivity contribution in [2.75, 3.05) is 13.2 Å². The van der Waals surface area contributed by atoms with Crippen LogP contribution in [0.15, 0.2) is 158 Å². The van der Waals surface area contributed by atoms with Crippen molar-refractivity contribution in [3.63, 3.8) is 0 Å². The molecular weight excluding hydrogens is 642 g/mol. The highest BCUT2D eigenvalue weighted by Gasteiger charge is 2.37. The number of fused-ring (bicyclic) bond motifs is 5. The summed E-state index contributed by atoms with van der Waals surface area (Å²) in [6.07, 6.45) is 5.17. The van der Waals surface area contributed by atoms with Gasteiger partial charge in [0.15, 0.2) is 14.3 Å². The summed E-state index contributed by atoms with van der Waals surface area (Å²) in [7, 11) is -6.92. The van der Waals surface area contributed by atoms with E-state index in [1.807, 2.05) is 158 Å². The Bertz CT molecular complexity index is 1860. The van der Waals surface area contributed by atoms with Gasteiger partial charge in [-0.25, -0.2) is 0 Å². The van der Waals surface area contributed by atoms with Crippen molar-refractivity contribution in [1.29, 1.82) is 0 Å². The topological polar surface area (TPSA) is 52.6 Å². The first-order valence-corrected chi connectivity index (χ1v) is 20.5. The van der Waals surface area contributed by atoms with Gasteiger partial charge in [-0.3, -0.25) is 0 Å². The highest BCUT2D eigenvalue weighted by molar-refractivity contribution is 7.86. The Labute approximate surface area is 289 Å². The molecular formula is C43H40O4P2. The molecule has 0 saturated carbocycles. The van der Waals surface area contributed by atoms with Crippen LogP contribution in [0.25, 0.3) is 11.1 Å². The molecule has 0 unspecified atom stereocenters. The maximum Gasteiger partial charge on any atom is 0.171 e. The number of benzene rings is 6. The summed E-state index contributed by atoms with van der Waals surface area (Å²) in [6, 6.07) is 50.5. The molecule has 246 valence electrons. The molecule has 6 heteroatoms. The Balaban J connectivity index is 1.56. The van der Waals surface area contributed by atoms with E-state index in [1.54, 1.807) is 0 Å². The van der Waals surface area contributed by atoms with Crippen LogP contribution in [-0.4, -0.2) is 13.2 Å². The van der Waals surface area contributed by atoms with E-state index in [9.17, 15) is 0 Å². The van der Waals surface area contributed by atoms with E-state index in [1.165, 1.54) is 0 Å². The maximum atomic E-state index is 16.0. The number of hydrogen-bond acceptors (Lipinski definition) is 4. The lowest BCUT2D eigenvalue weighted by Gasteiger charge is -2.27. The predicted octanol–water partition coefficient (Wildman–Crippen LogP) is 8.35. The third-order valence-electron chi connectivity index (χ3n) is 9.21. The Morgan fingerprint density at radius 2 is 0.673 bits per heavy atom. The zero-order valence-corrected chi connectivity index (χ0v) is 29.3. The lowest BCUT2D eigenvalue weighted by Crippen LogP contribution is -2.29. The van der Waals surface area contributed by atoms with Crippen molar-refractivity contribution in [1.82, 2.24) is 0 Å². The molecule has 0 saturated heterocycles. The van der Waals surface area contributed by atoms with Gasteiger partial charge in [-0.2, -0.15) is 0 Å². The molecule has 6 aromatic rings. The minimum atomic E-state index is -3.46. The van der Waals surface area contributed by atoms with Gasteiger partial charge in [0.2, 0.25) is 0 Å². The van der Waals surface area contributed by atoms with Crippen LogP contribution in [0.1, 0.15) is 32.1 Å². The first-order chi connectivity index (χ1) is 24.1. The highest BCUT2D eigenvalue weighted by Crippen LogP contribution is 2.50. The molecule has 1 heterocycles. The molecule has 0 atom stereocenters. The van der Waals surface area contributed by atoms with Crippen molar-refractivity contribution in [3.8, 4) is 22.6 Å². The zero-order chi connectivity index (χ0) is 33.5. The molecule has 0 spiro atoms. The SMILES string of the molecule is O=P(c1ccccc1)(c1ccccc1)c1ccc2cc1-c1cc(ccc1P(=O)(c1ccccc1)c1ccccc1)OCCCCCCCO2. The molecule has 0 N–H and O–H groups in total. The fourth-order valence-corrected chi connectivity index (χ4v) is 12.4. The van der Waals surface area contributed by atoms with E-state index in [0.29, 0.717) is 35.3 Å². The van der Waals surface area contributed by atoms with Crippen LogP contribution in [0, 0.1) is 0 Å². The number of rotatable bonds is 6. The minimum absolute atomic E-state index is 0.587. The minimum Gasteiger partial charge on any atom is -0.494 e. The largest absolute Gasteiger partial charge is 0.494 e. The molecule has 49 heavy (non-hydrogen) atoms. The van der Waals surface area contributed by atoms with E-state index < -0.39 is 14.3 Å². The first kappa shape index (κ1) is 32.9. The third kappa shape index (κ3) is 6.69. The fourth-order valence-electron chi connectivity index (χ4n) is 6.71. The highest BCUT2D eigenvalue weighted by atomic mass is 31.2. The second-order valence-corrected chi connectivity index (χ2v) is 17.8. The van der Waals surface area contributed by atoms with Crippen LogP contribution in [0.3, 0.4) is 0 Å². The monoisotopic (exact) mass is 682 g/mol. The normalized spacial score (nSPS) is 14.0. The second-order valence-electron chi connectivity index (χ2n) is 12.4. The Hall–Kier alpha value is -4.62. The predicted molar refractivity (Wildman–Crippen MR) is 205 cm³/mol. The summed E-state index contributed by atoms with van der Waals surface area (Å²) >= 11 is 0. The quantitative estimate of drug-likeness (QED) is 0.166. The molecule has 0 radical (unpaired) electrons. The summed E-state index contributed by atoms with van der Waals surface area (Å²) in [6.45, 7) is 1.17. The first-order valence-electron chi connectivity index (χ1n) is 17.1. The van der Waals surface area contributed by atoms with Gasteiger partial charge in [-0.05, 0) is 60.4 Å². The van der Waals surface area contributed by atoms with Crippen LogP contribution < -0.4 is 41.3 Å². The summed E-state index contributed by atoms with van der Waals surface area (Å²) in [5.74, 6) is 1.38. The fraction of sp³-hybridized carbons (Fsp3) is 0.163. The zero-order valence-electron chi connectivity index (χ0n) is 27.5. The van der Waals surface area contributed by atoms with E-state index in [4.69, 9.17) is 9.47 Å². The van der Waals surface area contributed by atoms with Gasteiger partial charge in [0.25, 0.3) is 0 Å². The van der Waals surface area contributed by atoms with Crippen molar-refractivity contribution in [3.05, 3.63) is 158 Å². The molecule has 7 rings (SSSR count). The van der Waals surface area contributed by atoms with E-state index >= 15 is 9.13 Å². The van der Waals surface area contributed by atoms with Gasteiger partial charge in [0.05, 0.1) is 13.2 Å². The molecule has 0 amide bonds. The lowest BCUT2D eigenvalue weighted by atomic mass is 10.0. The van der Waals surface area contributed by atoms with Crippen LogP contribution in [0.4, 0.5) is 0 Å². The number of hydrogen-bond donors (Lipinski definition) is 0. The molecule has 4 nitrogen and oxygen atoms in total. The summed E-state index contributed by atoms with van der Waals surface area (Å²) < 4.78 is 44.8. The van der Waals surface area contributed by atoms with E-state index in [0.717, 1.165) is 64.4 Å². The van der Waals surface area contributed by atoms with Gasteiger partial charge in [-0.1, -0.05) is 141 Å².